The lowest BCUT2D eigenvalue weighted by Gasteiger charge is -2.10. The number of phenolic OH excluding ortho intramolecular Hbond substituents is 1. The van der Waals surface area contributed by atoms with Gasteiger partial charge in [0.2, 0.25) is 6.41 Å². The fourth-order valence-corrected chi connectivity index (χ4v) is 16.1. The molecule has 0 saturated heterocycles. The van der Waals surface area contributed by atoms with E-state index in [2.05, 4.69) is 122 Å². The second-order valence-electron chi connectivity index (χ2n) is 25.3. The lowest BCUT2D eigenvalue weighted by Crippen LogP contribution is -2.15. The van der Waals surface area contributed by atoms with E-state index < -0.39 is 24.6 Å². The van der Waals surface area contributed by atoms with Crippen LogP contribution in [0, 0.1) is 113 Å². The van der Waals surface area contributed by atoms with Crippen molar-refractivity contribution in [3.05, 3.63) is 283 Å². The summed E-state index contributed by atoms with van der Waals surface area (Å²) in [7, 11) is 12.8. The molecule has 5 aromatic heterocycles. The first-order chi connectivity index (χ1) is 62.7. The number of amides is 1. The van der Waals surface area contributed by atoms with Crippen LogP contribution in [-0.2, 0) is 14.3 Å². The molecule has 0 atom stereocenters. The predicted octanol–water partition coefficient (Wildman–Crippen LogP) is 21.4. The highest BCUT2D eigenvalue weighted by Crippen LogP contribution is 2.35. The zero-order valence-corrected chi connectivity index (χ0v) is 77.5. The Hall–Kier alpha value is -14.7. The summed E-state index contributed by atoms with van der Waals surface area (Å²) >= 11 is 19.1. The van der Waals surface area contributed by atoms with Crippen LogP contribution in [0.25, 0.3) is 51.1 Å². The SMILES string of the molecule is C.C.C#Cc1ccc(NC)c([N+](=O)[O-])c1.CCOCOc1ccc2nc(C#Cc3ccc(N(C)C=O)c([N+](=O)[O-])c3)sc2c1.CNc1ccc(C#Cc2nc3ccc(O)cc3s2)cc1[N+](=O)[O-].CNc1ccc(C#Cc2nc3ccc(OC)cc3s2)cc1[N+](=O)[O-].CNc1ccc(C#Cc2nc3ccc(OCOC)cc3s2)cc1[N+](=O)[O-].COc1ccc2nc(I)sc2c1.ClCCl. The topological polar surface area (TPSA) is 424 Å². The highest BCUT2D eigenvalue weighted by molar-refractivity contribution is 14.1. The van der Waals surface area contributed by atoms with E-state index in [1.807, 2.05) is 79.7 Å². The van der Waals surface area contributed by atoms with Gasteiger partial charge in [-0.2, -0.15) is 0 Å². The summed E-state index contributed by atoms with van der Waals surface area (Å²) in [5.74, 6) is 29.0. The number of fused-ring (bicyclic) bond motifs is 5. The van der Waals surface area contributed by atoms with Gasteiger partial charge in [-0.3, -0.25) is 55.4 Å². The number of alkyl halides is 2. The van der Waals surface area contributed by atoms with Crippen molar-refractivity contribution in [1.82, 2.24) is 24.9 Å². The number of rotatable bonds is 20. The molecule has 15 aromatic rings. The van der Waals surface area contributed by atoms with Crippen molar-refractivity contribution in [3.8, 4) is 88.5 Å². The third-order valence-electron chi connectivity index (χ3n) is 17.1. The number of hydrogen-bond acceptors (Lipinski definition) is 32. The Kier molecular flexibility index (Phi) is 41.2. The monoisotopic (exact) mass is 2030 g/mol. The highest BCUT2D eigenvalue weighted by atomic mass is 127. The molecule has 678 valence electrons. The van der Waals surface area contributed by atoms with Gasteiger partial charge in [-0.1, -0.05) is 44.5 Å². The van der Waals surface area contributed by atoms with E-state index in [4.69, 9.17) is 58.0 Å². The summed E-state index contributed by atoms with van der Waals surface area (Å²) in [6, 6.07) is 51.0. The maximum absolute atomic E-state index is 11.3. The molecule has 0 aliphatic carbocycles. The number of aromatic nitrogens is 5. The van der Waals surface area contributed by atoms with Crippen LogP contribution in [-0.4, -0.2) is 143 Å². The van der Waals surface area contributed by atoms with Crippen LogP contribution in [0.15, 0.2) is 182 Å². The van der Waals surface area contributed by atoms with Crippen LogP contribution in [0.2, 0.25) is 0 Å². The molecule has 0 saturated carbocycles. The van der Waals surface area contributed by atoms with Gasteiger partial charge in [-0.25, -0.2) is 24.9 Å². The van der Waals surface area contributed by atoms with E-state index in [9.17, 15) is 60.5 Å². The number of halogens is 3. The predicted molar refractivity (Wildman–Crippen MR) is 535 cm³/mol. The highest BCUT2D eigenvalue weighted by Gasteiger charge is 2.20. The third kappa shape index (κ3) is 30.0. The van der Waals surface area contributed by atoms with Gasteiger partial charge in [0.25, 0.3) is 28.4 Å². The van der Waals surface area contributed by atoms with E-state index in [1.54, 1.807) is 134 Å². The number of aromatic hydroxyl groups is 1. The molecule has 0 radical (unpaired) electrons. The summed E-state index contributed by atoms with van der Waals surface area (Å²) in [5, 5.41) is 78.3. The molecule has 0 spiro atoms. The Bertz CT molecular complexity index is 6980. The number of methoxy groups -OCH3 is 3. The Morgan fingerprint density at radius 1 is 0.432 bits per heavy atom. The van der Waals surface area contributed by atoms with Crippen LogP contribution in [0.3, 0.4) is 0 Å². The number of carbonyl (C=O) groups is 1. The van der Waals surface area contributed by atoms with E-state index in [-0.39, 0.29) is 73.7 Å². The van der Waals surface area contributed by atoms with Gasteiger partial charge in [0.05, 0.1) is 95.3 Å². The summed E-state index contributed by atoms with van der Waals surface area (Å²) in [5.41, 5.74) is 8.68. The summed E-state index contributed by atoms with van der Waals surface area (Å²) < 4.78 is 37.2. The quantitative estimate of drug-likeness (QED) is 0.00691. The average Bonchev–Trinajstić information content (AvgIpc) is 1.65. The van der Waals surface area contributed by atoms with Crippen LogP contribution < -0.4 is 45.1 Å². The number of terminal acetylenes is 1. The minimum atomic E-state index is -0.540. The molecule has 0 aliphatic rings. The van der Waals surface area contributed by atoms with Crippen molar-refractivity contribution in [2.45, 2.75) is 21.8 Å². The van der Waals surface area contributed by atoms with Gasteiger partial charge < -0.3 is 59.7 Å². The maximum atomic E-state index is 11.3. The molecule has 5 heterocycles. The number of anilines is 5. The first kappa shape index (κ1) is 104. The summed E-state index contributed by atoms with van der Waals surface area (Å²) in [6.07, 6.45) is 5.63. The lowest BCUT2D eigenvalue weighted by molar-refractivity contribution is -0.384. The zero-order valence-electron chi connectivity index (χ0n) is 69.8. The Morgan fingerprint density at radius 3 is 1.07 bits per heavy atom. The third-order valence-corrected chi connectivity index (χ3v) is 22.5. The number of nitrogens with zero attached hydrogens (tertiary/aromatic N) is 11. The fraction of sp³-hybridized carbons (Fsp3) is 0.165. The van der Waals surface area contributed by atoms with Crippen LogP contribution in [0.4, 0.5) is 56.9 Å². The Morgan fingerprint density at radius 2 is 0.735 bits per heavy atom. The first-order valence-electron chi connectivity index (χ1n) is 37.4. The number of thiazole rings is 5. The van der Waals surface area contributed by atoms with Gasteiger partial charge in [0.1, 0.15) is 57.2 Å². The Balaban J connectivity index is 0.000000219. The Labute approximate surface area is 800 Å². The maximum Gasteiger partial charge on any atom is 0.294 e. The first-order valence-corrected chi connectivity index (χ1v) is 43.7. The largest absolute Gasteiger partial charge is 0.508 e. The standard InChI is InChI=1S/C20H17N3O5S.C18H15N3O4S.C17H13N3O3S.C16H11N3O3S.C9H8N2O2.C8H6INOS.CH2Cl2.2CH4/c1-3-27-13-28-15-6-7-16-19(11-15)29-20(21-16)9-5-14-4-8-17(22(2)12-24)18(10-14)23(25)26;1-19-14-6-3-12(9-16(14)21(22)23)4-8-18-20-15-7-5-13(25-11-24-2)10-17(15)26-18;1-18-13-6-3-11(9-15(13)20(21)22)4-8-17-19-14-7-5-12(23-2)10-16(14)24-17;1-17-12-5-2-10(8-14(12)19(21)22)3-7-16-18-13-6-4-11(20)9-15(13)23-16;1-3-7-4-5-8(10-2)9(6-7)11(12)13;1-11-5-2-3-6-7(4-5)12-8(9)10-6;2-1-3;;/h4,6-8,10-12H,3,13H2,1-2H3;3,5-7,9-10,19H,11H2,1-2H3;3,5-7,9-10,18H,1-2H3;2,4-6,8-9,17,20H,1H3;1,4-6,10H,2H3;2-4H,1H3;1H2;2*1H4. The summed E-state index contributed by atoms with van der Waals surface area (Å²) in [6.45, 7) is 2.83. The number of nitro benzene ring substituents is 5. The molecule has 0 unspecified atom stereocenters. The molecular weight excluding hydrogens is 1950 g/mol. The van der Waals surface area contributed by atoms with E-state index in [1.165, 1.54) is 93.5 Å². The minimum absolute atomic E-state index is 0. The van der Waals surface area contributed by atoms with Gasteiger partial charge in [0.15, 0.2) is 36.6 Å². The molecule has 41 heteroatoms. The number of phenols is 1. The number of ether oxygens (including phenoxy) is 6. The smallest absolute Gasteiger partial charge is 0.294 e. The van der Waals surface area contributed by atoms with Gasteiger partial charge >= 0.3 is 0 Å². The van der Waals surface area contributed by atoms with E-state index in [0.717, 1.165) is 65.8 Å². The summed E-state index contributed by atoms with van der Waals surface area (Å²) in [4.78, 5) is 86.8. The fourth-order valence-electron chi connectivity index (χ4n) is 11.0. The molecule has 0 aliphatic heterocycles. The molecule has 132 heavy (non-hydrogen) atoms. The molecule has 33 nitrogen and oxygen atoms in total. The van der Waals surface area contributed by atoms with Crippen LogP contribution >= 0.6 is 102 Å². The van der Waals surface area contributed by atoms with Crippen molar-refractivity contribution in [2.24, 2.45) is 0 Å². The van der Waals surface area contributed by atoms with E-state index >= 15 is 0 Å². The zero-order chi connectivity index (χ0) is 93.9. The van der Waals surface area contributed by atoms with Gasteiger partial charge in [-0.05, 0) is 205 Å². The molecule has 1 amide bonds. The van der Waals surface area contributed by atoms with Crippen LogP contribution in [0.1, 0.15) is 69.6 Å². The molecule has 10 aromatic carbocycles. The second-order valence-corrected chi connectivity index (χ2v) is 33.0. The average molecular weight is 2030 g/mol. The van der Waals surface area contributed by atoms with Gasteiger partial charge in [-0.15, -0.1) is 86.3 Å². The lowest BCUT2D eigenvalue weighted by atomic mass is 10.1. The molecule has 0 fully saturated rings. The van der Waals surface area contributed by atoms with Gasteiger partial charge in [0, 0.05) is 107 Å². The second kappa shape index (κ2) is 52.1. The van der Waals surface area contributed by atoms with Crippen molar-refractivity contribution in [1.29, 1.82) is 0 Å². The number of benzene rings is 10. The molecule has 0 bridgehead atoms. The van der Waals surface area contributed by atoms with Crippen molar-refractivity contribution >= 4 is 217 Å². The van der Waals surface area contributed by atoms with Crippen molar-refractivity contribution < 1.29 is 62.9 Å². The number of nitro groups is 5. The van der Waals surface area contributed by atoms with Crippen molar-refractivity contribution in [2.75, 3.05) is 108 Å². The molecule has 5 N–H and O–H groups in total. The van der Waals surface area contributed by atoms with E-state index in [0.29, 0.717) is 95.1 Å². The molecular formula is C91H80Cl2IN15O18S5. The van der Waals surface area contributed by atoms with Crippen LogP contribution in [0.5, 0.6) is 28.7 Å². The number of hydrogen-bond donors (Lipinski definition) is 5. The molecule has 15 rings (SSSR count). The number of carbonyl (C=O) groups excluding carboxylic acids is 1. The van der Waals surface area contributed by atoms with Crippen molar-refractivity contribution in [3.63, 3.8) is 0 Å². The normalized spacial score (nSPS) is 9.84. The number of nitrogens with one attached hydrogen (secondary N) is 4. The minimum Gasteiger partial charge on any atom is -0.508 e.